The smallest absolute Gasteiger partial charge is 0.275 e. The van der Waals surface area contributed by atoms with Crippen molar-refractivity contribution in [2.24, 2.45) is 9.98 Å². The Morgan fingerprint density at radius 3 is 1.27 bits per heavy atom. The van der Waals surface area contributed by atoms with Crippen LogP contribution in [0.25, 0.3) is 11.1 Å². The lowest BCUT2D eigenvalue weighted by Gasteiger charge is -2.04. The second-order valence-corrected chi connectivity index (χ2v) is 8.90. The third-order valence-corrected chi connectivity index (χ3v) is 6.41. The van der Waals surface area contributed by atoms with Gasteiger partial charge >= 0.3 is 0 Å². The van der Waals surface area contributed by atoms with Crippen molar-refractivity contribution in [1.29, 1.82) is 0 Å². The summed E-state index contributed by atoms with van der Waals surface area (Å²) < 4.78 is 0. The molecule has 0 atom stereocenters. The zero-order valence-electron chi connectivity index (χ0n) is 20.3. The number of anilines is 2. The van der Waals surface area contributed by atoms with Gasteiger partial charge in [0.1, 0.15) is 11.4 Å². The van der Waals surface area contributed by atoms with E-state index >= 15 is 0 Å². The van der Waals surface area contributed by atoms with Gasteiger partial charge in [-0.05, 0) is 47.5 Å². The van der Waals surface area contributed by atoms with E-state index in [-0.39, 0.29) is 22.8 Å². The Balaban J connectivity index is 1.24. The van der Waals surface area contributed by atoms with E-state index in [1.807, 2.05) is 24.3 Å². The molecule has 4 aromatic carbocycles. The van der Waals surface area contributed by atoms with Gasteiger partial charge in [-0.2, -0.15) is 0 Å². The first-order valence-electron chi connectivity index (χ1n) is 11.8. The van der Waals surface area contributed by atoms with Gasteiger partial charge in [0.25, 0.3) is 23.2 Å². The SMILES string of the molecule is O=C1Nc2ccc([N+](=O)[O-])cc2C1=Nc1ccc(-c2ccc(N=C3C(=O)Nc4ccc([N+](=O)[O-])cc43)cc2)cc1. The second kappa shape index (κ2) is 9.36. The molecule has 0 fully saturated rings. The molecule has 2 aliphatic rings. The summed E-state index contributed by atoms with van der Waals surface area (Å²) in [5.74, 6) is -0.880. The van der Waals surface area contributed by atoms with E-state index in [1.54, 1.807) is 24.3 Å². The summed E-state index contributed by atoms with van der Waals surface area (Å²) in [5, 5.41) is 27.6. The number of non-ortho nitro benzene ring substituents is 2. The Morgan fingerprint density at radius 2 is 0.925 bits per heavy atom. The first kappa shape index (κ1) is 24.3. The molecule has 2 heterocycles. The molecular weight excluding hydrogens is 516 g/mol. The number of nitrogens with one attached hydrogen (secondary N) is 2. The molecule has 6 rings (SSSR count). The van der Waals surface area contributed by atoms with E-state index < -0.39 is 21.7 Å². The zero-order valence-corrected chi connectivity index (χ0v) is 20.3. The minimum absolute atomic E-state index is 0.0952. The molecule has 0 unspecified atom stereocenters. The number of carbonyl (C=O) groups excluding carboxylic acids is 2. The fraction of sp³-hybridized carbons (Fsp3) is 0. The maximum Gasteiger partial charge on any atom is 0.275 e. The van der Waals surface area contributed by atoms with Crippen LogP contribution in [0.15, 0.2) is 94.9 Å². The van der Waals surface area contributed by atoms with Gasteiger partial charge < -0.3 is 10.6 Å². The average Bonchev–Trinajstić information content (AvgIpc) is 3.43. The van der Waals surface area contributed by atoms with E-state index in [0.717, 1.165) is 11.1 Å². The molecule has 2 amide bonds. The van der Waals surface area contributed by atoms with Crippen molar-refractivity contribution in [1.82, 2.24) is 0 Å². The lowest BCUT2D eigenvalue weighted by atomic mass is 10.0. The monoisotopic (exact) mass is 532 g/mol. The molecule has 0 aliphatic carbocycles. The number of rotatable bonds is 5. The number of nitrogens with zero attached hydrogens (tertiary/aromatic N) is 4. The molecule has 12 heteroatoms. The van der Waals surface area contributed by atoms with Gasteiger partial charge in [-0.3, -0.25) is 29.8 Å². The summed E-state index contributed by atoms with van der Waals surface area (Å²) in [6.07, 6.45) is 0. The summed E-state index contributed by atoms with van der Waals surface area (Å²) in [6, 6.07) is 22.4. The average molecular weight is 532 g/mol. The van der Waals surface area contributed by atoms with Crippen LogP contribution in [0.4, 0.5) is 34.1 Å². The van der Waals surface area contributed by atoms with Gasteiger partial charge in [-0.1, -0.05) is 24.3 Å². The van der Waals surface area contributed by atoms with Crippen molar-refractivity contribution < 1.29 is 19.4 Å². The highest BCUT2D eigenvalue weighted by Gasteiger charge is 2.29. The van der Waals surface area contributed by atoms with Crippen molar-refractivity contribution in [2.45, 2.75) is 0 Å². The maximum absolute atomic E-state index is 12.4. The summed E-state index contributed by atoms with van der Waals surface area (Å²) in [4.78, 5) is 54.9. The number of amides is 2. The molecule has 0 saturated heterocycles. The van der Waals surface area contributed by atoms with Gasteiger partial charge in [-0.15, -0.1) is 0 Å². The number of hydrogen-bond donors (Lipinski definition) is 2. The molecule has 194 valence electrons. The Hall–Kier alpha value is -6.04. The third-order valence-electron chi connectivity index (χ3n) is 6.41. The van der Waals surface area contributed by atoms with Crippen LogP contribution in [0.5, 0.6) is 0 Å². The van der Waals surface area contributed by atoms with E-state index in [0.29, 0.717) is 33.9 Å². The number of benzene rings is 4. The third kappa shape index (κ3) is 4.35. The van der Waals surface area contributed by atoms with Gasteiger partial charge in [0, 0.05) is 35.4 Å². The van der Waals surface area contributed by atoms with Crippen LogP contribution in [0.3, 0.4) is 0 Å². The van der Waals surface area contributed by atoms with Crippen molar-refractivity contribution in [3.05, 3.63) is 116 Å². The van der Waals surface area contributed by atoms with Crippen LogP contribution in [0.1, 0.15) is 11.1 Å². The highest BCUT2D eigenvalue weighted by molar-refractivity contribution is 6.54. The highest BCUT2D eigenvalue weighted by atomic mass is 16.6. The molecule has 12 nitrogen and oxygen atoms in total. The molecule has 4 aromatic rings. The lowest BCUT2D eigenvalue weighted by molar-refractivity contribution is -0.385. The Labute approximate surface area is 225 Å². The molecule has 0 saturated carbocycles. The number of hydrogen-bond acceptors (Lipinski definition) is 8. The minimum Gasteiger partial charge on any atom is -0.320 e. The first-order chi connectivity index (χ1) is 19.3. The summed E-state index contributed by atoms with van der Waals surface area (Å²) >= 11 is 0. The van der Waals surface area contributed by atoms with Crippen LogP contribution in [-0.2, 0) is 9.59 Å². The number of aliphatic imine (C=N–C) groups is 2. The predicted octanol–water partition coefficient (Wildman–Crippen LogP) is 5.32. The number of nitro benzene ring substituents is 2. The van der Waals surface area contributed by atoms with Crippen LogP contribution in [0.2, 0.25) is 0 Å². The molecule has 2 aliphatic heterocycles. The molecular formula is C28H16N6O6. The van der Waals surface area contributed by atoms with Crippen LogP contribution in [-0.4, -0.2) is 33.1 Å². The van der Waals surface area contributed by atoms with Crippen molar-refractivity contribution >= 4 is 57.4 Å². The quantitative estimate of drug-likeness (QED) is 0.260. The van der Waals surface area contributed by atoms with Crippen LogP contribution >= 0.6 is 0 Å². The number of fused-ring (bicyclic) bond motifs is 2. The van der Waals surface area contributed by atoms with E-state index in [4.69, 9.17) is 0 Å². The maximum atomic E-state index is 12.4. The standard InChI is InChI=1S/C28H16N6O6/c35-27-25(21-13-19(33(37)38)9-11-23(21)31-27)29-17-5-1-15(2-6-17)16-3-7-18(8-4-16)30-26-22-14-20(34(39)40)10-12-24(22)32-28(26)36/h1-14H,(H,29,31,35)(H,30,32,36). The summed E-state index contributed by atoms with van der Waals surface area (Å²) in [6.45, 7) is 0. The van der Waals surface area contributed by atoms with E-state index in [9.17, 15) is 29.8 Å². The fourth-order valence-corrected chi connectivity index (χ4v) is 4.45. The highest BCUT2D eigenvalue weighted by Crippen LogP contribution is 2.32. The molecule has 40 heavy (non-hydrogen) atoms. The predicted molar refractivity (Wildman–Crippen MR) is 148 cm³/mol. The molecule has 2 N–H and O–H groups in total. The molecule has 0 spiro atoms. The van der Waals surface area contributed by atoms with Crippen LogP contribution in [0, 0.1) is 20.2 Å². The second-order valence-electron chi connectivity index (χ2n) is 8.90. The van der Waals surface area contributed by atoms with Gasteiger partial charge in [0.15, 0.2) is 0 Å². The Bertz CT molecular complexity index is 1690. The number of carbonyl (C=O) groups is 2. The van der Waals surface area contributed by atoms with Crippen LogP contribution < -0.4 is 10.6 Å². The lowest BCUT2D eigenvalue weighted by Crippen LogP contribution is -2.13. The molecule has 0 bridgehead atoms. The van der Waals surface area contributed by atoms with Crippen molar-refractivity contribution in [3.63, 3.8) is 0 Å². The normalized spacial score (nSPS) is 15.5. The number of nitro groups is 2. The summed E-state index contributed by atoms with van der Waals surface area (Å²) in [5.41, 5.74) is 4.30. The largest absolute Gasteiger partial charge is 0.320 e. The van der Waals surface area contributed by atoms with Gasteiger partial charge in [0.2, 0.25) is 0 Å². The molecule has 0 aromatic heterocycles. The summed E-state index contributed by atoms with van der Waals surface area (Å²) in [7, 11) is 0. The van der Waals surface area contributed by atoms with Gasteiger partial charge in [0.05, 0.1) is 32.6 Å². The topological polar surface area (TPSA) is 169 Å². The van der Waals surface area contributed by atoms with Crippen molar-refractivity contribution in [3.8, 4) is 11.1 Å². The molecule has 0 radical (unpaired) electrons. The minimum atomic E-state index is -0.528. The first-order valence-corrected chi connectivity index (χ1v) is 11.8. The van der Waals surface area contributed by atoms with Gasteiger partial charge in [-0.25, -0.2) is 9.98 Å². The van der Waals surface area contributed by atoms with Crippen molar-refractivity contribution in [2.75, 3.05) is 10.6 Å². The Morgan fingerprint density at radius 1 is 0.550 bits per heavy atom. The Kier molecular flexibility index (Phi) is 5.69. The van der Waals surface area contributed by atoms with E-state index in [1.165, 1.54) is 36.4 Å². The fourth-order valence-electron chi connectivity index (χ4n) is 4.45. The van der Waals surface area contributed by atoms with E-state index in [2.05, 4.69) is 20.6 Å². The zero-order chi connectivity index (χ0) is 28.0.